The van der Waals surface area contributed by atoms with Gasteiger partial charge < -0.3 is 4.74 Å². The summed E-state index contributed by atoms with van der Waals surface area (Å²) in [6.07, 6.45) is 7.74. The fraction of sp³-hybridized carbons (Fsp3) is 0.800. The van der Waals surface area contributed by atoms with Gasteiger partial charge in [-0.2, -0.15) is 0 Å². The fourth-order valence-electron chi connectivity index (χ4n) is 2.23. The maximum atomic E-state index is 5.61. The van der Waals surface area contributed by atoms with Gasteiger partial charge in [-0.1, -0.05) is 25.3 Å². The van der Waals surface area contributed by atoms with Gasteiger partial charge in [-0.15, -0.1) is 6.58 Å². The van der Waals surface area contributed by atoms with E-state index in [1.807, 2.05) is 6.08 Å². The minimum absolute atomic E-state index is 0.0674. The SMILES string of the molecule is C=CC(NN)C1(OC)CCCCC1. The van der Waals surface area contributed by atoms with Gasteiger partial charge in [0.2, 0.25) is 0 Å². The molecule has 0 amide bonds. The summed E-state index contributed by atoms with van der Waals surface area (Å²) in [4.78, 5) is 0. The molecule has 0 heterocycles. The number of hydrazine groups is 1. The number of ether oxygens (including phenoxy) is 1. The largest absolute Gasteiger partial charge is 0.376 e. The first-order chi connectivity index (χ1) is 6.29. The van der Waals surface area contributed by atoms with Crippen molar-refractivity contribution in [1.29, 1.82) is 0 Å². The van der Waals surface area contributed by atoms with Gasteiger partial charge in [-0.05, 0) is 12.8 Å². The maximum Gasteiger partial charge on any atom is 0.0879 e. The third kappa shape index (κ3) is 2.10. The average Bonchev–Trinajstić information content (AvgIpc) is 2.21. The van der Waals surface area contributed by atoms with Gasteiger partial charge in [0.1, 0.15) is 0 Å². The van der Waals surface area contributed by atoms with Crippen LogP contribution in [0.5, 0.6) is 0 Å². The molecule has 13 heavy (non-hydrogen) atoms. The first-order valence-corrected chi connectivity index (χ1v) is 4.93. The third-order valence-corrected chi connectivity index (χ3v) is 3.09. The average molecular weight is 184 g/mol. The first-order valence-electron chi connectivity index (χ1n) is 4.93. The van der Waals surface area contributed by atoms with Gasteiger partial charge in [0.05, 0.1) is 11.6 Å². The lowest BCUT2D eigenvalue weighted by atomic mass is 9.79. The van der Waals surface area contributed by atoms with E-state index in [1.54, 1.807) is 7.11 Å². The molecular weight excluding hydrogens is 164 g/mol. The van der Waals surface area contributed by atoms with E-state index < -0.39 is 0 Å². The van der Waals surface area contributed by atoms with Gasteiger partial charge in [0.15, 0.2) is 0 Å². The fourth-order valence-corrected chi connectivity index (χ4v) is 2.23. The monoisotopic (exact) mass is 184 g/mol. The van der Waals surface area contributed by atoms with Crippen LogP contribution in [0, 0.1) is 0 Å². The Hall–Kier alpha value is -0.380. The van der Waals surface area contributed by atoms with Crippen molar-refractivity contribution in [3.05, 3.63) is 12.7 Å². The molecule has 0 bridgehead atoms. The molecule has 1 rings (SSSR count). The minimum atomic E-state index is -0.116. The van der Waals surface area contributed by atoms with Crippen molar-refractivity contribution in [3.8, 4) is 0 Å². The zero-order valence-electron chi connectivity index (χ0n) is 8.38. The predicted octanol–water partition coefficient (Wildman–Crippen LogP) is 1.35. The lowest BCUT2D eigenvalue weighted by Crippen LogP contribution is -2.54. The molecule has 3 nitrogen and oxygen atoms in total. The molecule has 3 N–H and O–H groups in total. The second-order valence-electron chi connectivity index (χ2n) is 3.71. The van der Waals surface area contributed by atoms with Crippen molar-refractivity contribution in [3.63, 3.8) is 0 Å². The molecule has 0 spiro atoms. The number of methoxy groups -OCH3 is 1. The Kier molecular flexibility index (Phi) is 3.90. The zero-order chi connectivity index (χ0) is 9.73. The quantitative estimate of drug-likeness (QED) is 0.394. The van der Waals surface area contributed by atoms with Crippen LogP contribution >= 0.6 is 0 Å². The number of hydrogen-bond acceptors (Lipinski definition) is 3. The summed E-state index contributed by atoms with van der Waals surface area (Å²) in [5, 5.41) is 0. The molecule has 1 fully saturated rings. The van der Waals surface area contributed by atoms with E-state index in [1.165, 1.54) is 19.3 Å². The predicted molar refractivity (Wildman–Crippen MR) is 54.1 cm³/mol. The standard InChI is InChI=1S/C10H20N2O/c1-3-9(12-11)10(13-2)7-5-4-6-8-10/h3,9,12H,1,4-8,11H2,2H3. The highest BCUT2D eigenvalue weighted by Crippen LogP contribution is 2.34. The molecule has 0 aromatic rings. The molecule has 76 valence electrons. The molecule has 0 aliphatic heterocycles. The van der Waals surface area contributed by atoms with Crippen molar-refractivity contribution in [2.45, 2.75) is 43.7 Å². The second-order valence-corrected chi connectivity index (χ2v) is 3.71. The van der Waals surface area contributed by atoms with Crippen molar-refractivity contribution >= 4 is 0 Å². The molecule has 0 radical (unpaired) electrons. The summed E-state index contributed by atoms with van der Waals surface area (Å²) in [7, 11) is 1.76. The number of nitrogens with two attached hydrogens (primary N) is 1. The van der Waals surface area contributed by atoms with Gasteiger partial charge in [-0.25, -0.2) is 0 Å². The Labute approximate surface area is 80.3 Å². The Bertz CT molecular complexity index is 164. The molecule has 1 saturated carbocycles. The molecule has 1 atom stereocenters. The maximum absolute atomic E-state index is 5.61. The lowest BCUT2D eigenvalue weighted by Gasteiger charge is -2.40. The summed E-state index contributed by atoms with van der Waals surface area (Å²) in [6, 6.07) is 0.0674. The summed E-state index contributed by atoms with van der Waals surface area (Å²) >= 11 is 0. The Morgan fingerprint density at radius 3 is 2.46 bits per heavy atom. The molecule has 1 aliphatic rings. The highest BCUT2D eigenvalue weighted by molar-refractivity contribution is 5.03. The summed E-state index contributed by atoms with van der Waals surface area (Å²) < 4.78 is 5.61. The number of rotatable bonds is 4. The van der Waals surface area contributed by atoms with Crippen LogP contribution in [0.15, 0.2) is 12.7 Å². The molecule has 0 aromatic carbocycles. The van der Waals surface area contributed by atoms with E-state index in [2.05, 4.69) is 12.0 Å². The van der Waals surface area contributed by atoms with E-state index in [9.17, 15) is 0 Å². The third-order valence-electron chi connectivity index (χ3n) is 3.09. The van der Waals surface area contributed by atoms with Gasteiger partial charge >= 0.3 is 0 Å². The lowest BCUT2D eigenvalue weighted by molar-refractivity contribution is -0.0559. The summed E-state index contributed by atoms with van der Waals surface area (Å²) in [5.41, 5.74) is 2.65. The summed E-state index contributed by atoms with van der Waals surface area (Å²) in [6.45, 7) is 3.78. The first kappa shape index (κ1) is 10.7. The van der Waals surface area contributed by atoms with Crippen molar-refractivity contribution in [1.82, 2.24) is 5.43 Å². The number of nitrogens with one attached hydrogen (secondary N) is 1. The Morgan fingerprint density at radius 2 is 2.08 bits per heavy atom. The van der Waals surface area contributed by atoms with E-state index in [0.29, 0.717) is 0 Å². The number of hydrogen-bond donors (Lipinski definition) is 2. The molecular formula is C10H20N2O. The van der Waals surface area contributed by atoms with E-state index >= 15 is 0 Å². The van der Waals surface area contributed by atoms with Crippen LogP contribution in [0.1, 0.15) is 32.1 Å². The molecule has 1 unspecified atom stereocenters. The smallest absolute Gasteiger partial charge is 0.0879 e. The molecule has 1 aliphatic carbocycles. The highest BCUT2D eigenvalue weighted by Gasteiger charge is 2.37. The van der Waals surface area contributed by atoms with E-state index in [0.717, 1.165) is 12.8 Å². The van der Waals surface area contributed by atoms with Crippen LogP contribution < -0.4 is 11.3 Å². The second kappa shape index (κ2) is 4.74. The van der Waals surface area contributed by atoms with Crippen molar-refractivity contribution in [2.75, 3.05) is 7.11 Å². The van der Waals surface area contributed by atoms with Gasteiger partial charge in [0, 0.05) is 7.11 Å². The van der Waals surface area contributed by atoms with Crippen molar-refractivity contribution in [2.24, 2.45) is 5.84 Å². The van der Waals surface area contributed by atoms with E-state index in [-0.39, 0.29) is 11.6 Å². The zero-order valence-corrected chi connectivity index (χ0v) is 8.38. The Balaban J connectivity index is 2.70. The van der Waals surface area contributed by atoms with E-state index in [4.69, 9.17) is 10.6 Å². The van der Waals surface area contributed by atoms with Gasteiger partial charge in [-0.3, -0.25) is 11.3 Å². The van der Waals surface area contributed by atoms with Crippen LogP contribution in [0.2, 0.25) is 0 Å². The normalized spacial score (nSPS) is 23.8. The van der Waals surface area contributed by atoms with Crippen LogP contribution in [0.4, 0.5) is 0 Å². The molecule has 0 aromatic heterocycles. The topological polar surface area (TPSA) is 47.3 Å². The van der Waals surface area contributed by atoms with Crippen LogP contribution in [-0.4, -0.2) is 18.8 Å². The van der Waals surface area contributed by atoms with Crippen LogP contribution in [0.3, 0.4) is 0 Å². The van der Waals surface area contributed by atoms with Crippen LogP contribution in [-0.2, 0) is 4.74 Å². The molecule has 0 saturated heterocycles. The van der Waals surface area contributed by atoms with Gasteiger partial charge in [0.25, 0.3) is 0 Å². The minimum Gasteiger partial charge on any atom is -0.376 e. The van der Waals surface area contributed by atoms with Crippen LogP contribution in [0.25, 0.3) is 0 Å². The molecule has 3 heteroatoms. The Morgan fingerprint density at radius 1 is 1.46 bits per heavy atom. The van der Waals surface area contributed by atoms with Crippen molar-refractivity contribution < 1.29 is 4.74 Å². The highest BCUT2D eigenvalue weighted by atomic mass is 16.5. The summed E-state index contributed by atoms with van der Waals surface area (Å²) in [5.74, 6) is 5.47.